The fourth-order valence-corrected chi connectivity index (χ4v) is 1.15. The van der Waals surface area contributed by atoms with E-state index in [4.69, 9.17) is 0 Å². The van der Waals surface area contributed by atoms with Gasteiger partial charge in [0.15, 0.2) is 0 Å². The van der Waals surface area contributed by atoms with Gasteiger partial charge in [-0.25, -0.2) is 9.78 Å². The summed E-state index contributed by atoms with van der Waals surface area (Å²) in [6, 6.07) is -1.60. The van der Waals surface area contributed by atoms with Gasteiger partial charge in [-0.3, -0.25) is 0 Å². The van der Waals surface area contributed by atoms with Crippen molar-refractivity contribution in [2.24, 2.45) is 0 Å². The number of hydrogen-bond acceptors (Lipinski definition) is 5. The van der Waals surface area contributed by atoms with Gasteiger partial charge in [0.25, 0.3) is 0 Å². The minimum atomic E-state index is -6.08. The first-order chi connectivity index (χ1) is 9.14. The maximum atomic E-state index is 13.1. The molecule has 108 valence electrons. The minimum Gasteiger partial charge on any atom is -0.243 e. The van der Waals surface area contributed by atoms with Crippen LogP contribution in [-0.4, -0.2) is 41.7 Å². The van der Waals surface area contributed by atoms with Crippen molar-refractivity contribution >= 4 is 6.03 Å². The van der Waals surface area contributed by atoms with Gasteiger partial charge in [0.1, 0.15) is 12.7 Å². The molecule has 2 aromatic rings. The first-order valence-electron chi connectivity index (χ1n) is 4.61. The third kappa shape index (κ3) is 2.10. The van der Waals surface area contributed by atoms with Crippen LogP contribution in [-0.2, 0) is 5.92 Å². The van der Waals surface area contributed by atoms with Crippen LogP contribution in [0, 0.1) is 6.08 Å². The Kier molecular flexibility index (Phi) is 2.98. The molecule has 0 aliphatic rings. The van der Waals surface area contributed by atoms with Crippen molar-refractivity contribution in [3.63, 3.8) is 0 Å². The van der Waals surface area contributed by atoms with E-state index in [-0.39, 0.29) is 4.68 Å². The molecule has 0 fully saturated rings. The Bertz CT molecular complexity index is 631. The van der Waals surface area contributed by atoms with Gasteiger partial charge in [0.05, 0.1) is 0 Å². The summed E-state index contributed by atoms with van der Waals surface area (Å²) in [5.74, 6) is -7.77. The van der Waals surface area contributed by atoms with Crippen LogP contribution in [0.15, 0.2) is 12.7 Å². The normalized spacial score (nSPS) is 12.7. The summed E-state index contributed by atoms with van der Waals surface area (Å²) in [7, 11) is 0. The van der Waals surface area contributed by atoms with Crippen LogP contribution < -0.4 is 0 Å². The molecule has 0 saturated carbocycles. The summed E-state index contributed by atoms with van der Waals surface area (Å²) < 4.78 is 75.4. The van der Waals surface area contributed by atoms with Crippen LogP contribution >= 0.6 is 0 Å². The van der Waals surface area contributed by atoms with Crippen LogP contribution in [0.4, 0.5) is 31.1 Å². The molecule has 0 bridgehead atoms. The van der Waals surface area contributed by atoms with E-state index in [0.717, 1.165) is 6.33 Å². The minimum absolute atomic E-state index is 0.282. The zero-order chi connectivity index (χ0) is 15.1. The van der Waals surface area contributed by atoms with E-state index in [0.29, 0.717) is 6.33 Å². The van der Waals surface area contributed by atoms with E-state index in [1.165, 1.54) is 0 Å². The van der Waals surface area contributed by atoms with E-state index in [9.17, 15) is 31.1 Å². The number of carbonyl (C=O) groups excluding carboxylic acids is 1. The van der Waals surface area contributed by atoms with Crippen LogP contribution in [0.2, 0.25) is 0 Å². The van der Waals surface area contributed by atoms with Crippen molar-refractivity contribution < 1.29 is 31.1 Å². The van der Waals surface area contributed by atoms with E-state index >= 15 is 0 Å². The largest absolute Gasteiger partial charge is 0.461 e. The van der Waals surface area contributed by atoms with Gasteiger partial charge in [-0.2, -0.15) is 45.8 Å². The standard InChI is InChI=1S/C7H2F6N6O/c8-4-16-3(6(9,10)7(11,12)13)19(17-4)5(20)18-2-14-1-15-18/h1-2H. The molecule has 0 N–H and O–H groups in total. The molecule has 7 nitrogen and oxygen atoms in total. The topological polar surface area (TPSA) is 78.5 Å². The molecule has 0 atom stereocenters. The Hall–Kier alpha value is -2.47. The average molecular weight is 300 g/mol. The lowest BCUT2D eigenvalue weighted by Gasteiger charge is -2.18. The number of aromatic nitrogens is 6. The molecule has 13 heteroatoms. The van der Waals surface area contributed by atoms with Crippen molar-refractivity contribution in [1.82, 2.24) is 29.5 Å². The highest BCUT2D eigenvalue weighted by atomic mass is 19.4. The molecule has 20 heavy (non-hydrogen) atoms. The smallest absolute Gasteiger partial charge is 0.243 e. The number of rotatable bonds is 1. The SMILES string of the molecule is O=C(n1cncn1)n1nc(F)nc1C(F)(F)C(F)(F)F. The lowest BCUT2D eigenvalue weighted by atomic mass is 10.3. The van der Waals surface area contributed by atoms with Crippen molar-refractivity contribution in [1.29, 1.82) is 0 Å². The Balaban J connectivity index is 2.55. The fraction of sp³-hybridized carbons (Fsp3) is 0.286. The molecule has 2 rings (SSSR count). The first kappa shape index (κ1) is 14.0. The molecule has 0 aliphatic carbocycles. The molecule has 2 heterocycles. The number of carbonyl (C=O) groups is 1. The zero-order valence-corrected chi connectivity index (χ0v) is 9.01. The Morgan fingerprint density at radius 3 is 2.35 bits per heavy atom. The molecule has 0 spiro atoms. The predicted molar refractivity (Wildman–Crippen MR) is 46.1 cm³/mol. The van der Waals surface area contributed by atoms with Crippen molar-refractivity contribution in [3.8, 4) is 0 Å². The van der Waals surface area contributed by atoms with Gasteiger partial charge in [-0.05, 0) is 0 Å². The highest BCUT2D eigenvalue weighted by molar-refractivity contribution is 5.77. The lowest BCUT2D eigenvalue weighted by molar-refractivity contribution is -0.293. The van der Waals surface area contributed by atoms with Crippen LogP contribution in [0.25, 0.3) is 0 Å². The second-order valence-corrected chi connectivity index (χ2v) is 3.31. The summed E-state index contributed by atoms with van der Waals surface area (Å²) in [6.07, 6.45) is -6.48. The third-order valence-corrected chi connectivity index (χ3v) is 2.01. The Morgan fingerprint density at radius 1 is 1.20 bits per heavy atom. The second-order valence-electron chi connectivity index (χ2n) is 3.31. The Morgan fingerprint density at radius 2 is 1.85 bits per heavy atom. The van der Waals surface area contributed by atoms with E-state index in [2.05, 4.69) is 20.2 Å². The quantitative estimate of drug-likeness (QED) is 0.739. The monoisotopic (exact) mass is 300 g/mol. The lowest BCUT2D eigenvalue weighted by Crippen LogP contribution is -2.38. The van der Waals surface area contributed by atoms with Crippen molar-refractivity contribution in [2.75, 3.05) is 0 Å². The van der Waals surface area contributed by atoms with E-state index in [1.807, 2.05) is 0 Å². The number of halogens is 6. The van der Waals surface area contributed by atoms with E-state index < -0.39 is 34.7 Å². The molecule has 0 amide bonds. The summed E-state index contributed by atoms with van der Waals surface area (Å²) in [5.41, 5.74) is 0. The van der Waals surface area contributed by atoms with Gasteiger partial charge < -0.3 is 0 Å². The predicted octanol–water partition coefficient (Wildman–Crippen LogP) is 1.18. The Labute approximate surface area is 104 Å². The average Bonchev–Trinajstić information content (AvgIpc) is 2.95. The molecule has 0 aromatic carbocycles. The summed E-state index contributed by atoms with van der Waals surface area (Å²) in [6.45, 7) is 0. The van der Waals surface area contributed by atoms with Crippen LogP contribution in [0.3, 0.4) is 0 Å². The molecule has 0 radical (unpaired) electrons. The first-order valence-corrected chi connectivity index (χ1v) is 4.61. The van der Waals surface area contributed by atoms with Crippen LogP contribution in [0.1, 0.15) is 5.82 Å². The van der Waals surface area contributed by atoms with E-state index in [1.54, 1.807) is 0 Å². The molecule has 0 unspecified atom stereocenters. The third-order valence-electron chi connectivity index (χ3n) is 2.01. The van der Waals surface area contributed by atoms with Crippen LogP contribution in [0.5, 0.6) is 0 Å². The van der Waals surface area contributed by atoms with Gasteiger partial charge >= 0.3 is 24.2 Å². The van der Waals surface area contributed by atoms with Gasteiger partial charge in [0, 0.05) is 0 Å². The molecule has 0 saturated heterocycles. The summed E-state index contributed by atoms with van der Waals surface area (Å²) in [5, 5.41) is 5.77. The van der Waals surface area contributed by atoms with Gasteiger partial charge in [0.2, 0.25) is 5.82 Å². The molecule has 2 aromatic heterocycles. The summed E-state index contributed by atoms with van der Waals surface area (Å²) in [4.78, 5) is 17.2. The second kappa shape index (κ2) is 4.28. The van der Waals surface area contributed by atoms with Crippen molar-refractivity contribution in [2.45, 2.75) is 12.1 Å². The maximum Gasteiger partial charge on any atom is 0.461 e. The van der Waals surface area contributed by atoms with Gasteiger partial charge in [-0.1, -0.05) is 0 Å². The molecule has 0 aliphatic heterocycles. The molecular formula is C7H2F6N6O. The van der Waals surface area contributed by atoms with Gasteiger partial charge in [-0.15, -0.1) is 5.10 Å². The highest BCUT2D eigenvalue weighted by Crippen LogP contribution is 2.42. The number of alkyl halides is 5. The fourth-order valence-electron chi connectivity index (χ4n) is 1.15. The van der Waals surface area contributed by atoms with Crippen molar-refractivity contribution in [3.05, 3.63) is 24.6 Å². The molecular weight excluding hydrogens is 298 g/mol. The zero-order valence-electron chi connectivity index (χ0n) is 9.01. The summed E-state index contributed by atoms with van der Waals surface area (Å²) >= 11 is 0. The number of hydrogen-bond donors (Lipinski definition) is 0. The number of nitrogens with zero attached hydrogens (tertiary/aromatic N) is 6. The maximum absolute atomic E-state index is 13.1. The highest BCUT2D eigenvalue weighted by Gasteiger charge is 2.62.